The molecule has 0 radical (unpaired) electrons. The molecule has 11 heteroatoms. The maximum Gasteiger partial charge on any atom is 0.337 e. The van der Waals surface area contributed by atoms with Crippen molar-refractivity contribution in [3.05, 3.63) is 118 Å². The van der Waals surface area contributed by atoms with Crippen LogP contribution in [0.5, 0.6) is 11.5 Å². The topological polar surface area (TPSA) is 102 Å². The number of carboxylic acids is 1. The van der Waals surface area contributed by atoms with Crippen LogP contribution in [0.4, 0.5) is 5.69 Å². The average Bonchev–Trinajstić information content (AvgIpc) is 3.39. The Bertz CT molecular complexity index is 1940. The van der Waals surface area contributed by atoms with E-state index in [1.165, 1.54) is 25.2 Å². The number of aromatic carboxylic acids is 1. The minimum absolute atomic E-state index is 0.0520. The molecule has 0 unspecified atom stereocenters. The van der Waals surface area contributed by atoms with Gasteiger partial charge in [0.15, 0.2) is 0 Å². The number of carbonyl (C=O) groups is 1. The molecule has 4 aromatic carbocycles. The Morgan fingerprint density at radius 2 is 1.57 bits per heavy atom. The smallest absolute Gasteiger partial charge is 0.337 e. The van der Waals surface area contributed by atoms with E-state index < -0.39 is 16.0 Å². The molecule has 0 aliphatic heterocycles. The predicted octanol–water partition coefficient (Wildman–Crippen LogP) is 8.02. The minimum Gasteiger partial charge on any atom is -0.478 e. The van der Waals surface area contributed by atoms with Crippen LogP contribution in [0.1, 0.15) is 28.7 Å². The Kier molecular flexibility index (Phi) is 9.01. The van der Waals surface area contributed by atoms with Crippen LogP contribution in [0.15, 0.2) is 91.1 Å². The molecular weight excluding hydrogens is 621 g/mol. The molecule has 226 valence electrons. The van der Waals surface area contributed by atoms with Crippen molar-refractivity contribution in [3.63, 3.8) is 0 Å². The molecule has 0 aliphatic carbocycles. The first-order valence-electron chi connectivity index (χ1n) is 13.6. The number of aryl methyl sites for hydroxylation is 1. The van der Waals surface area contributed by atoms with Gasteiger partial charge in [-0.25, -0.2) is 18.2 Å². The maximum atomic E-state index is 11.9. The second-order valence-corrected chi connectivity index (χ2v) is 13.0. The lowest BCUT2D eigenvalue weighted by Gasteiger charge is -2.19. The Morgan fingerprint density at radius 1 is 0.932 bits per heavy atom. The van der Waals surface area contributed by atoms with Gasteiger partial charge in [0.25, 0.3) is 0 Å². The number of ether oxygens (including phenoxy) is 1. The Labute approximate surface area is 266 Å². The van der Waals surface area contributed by atoms with Crippen molar-refractivity contribution in [2.45, 2.75) is 19.9 Å². The molecule has 5 rings (SSSR count). The average molecular weight is 651 g/mol. The van der Waals surface area contributed by atoms with Crippen LogP contribution in [-0.2, 0) is 23.0 Å². The van der Waals surface area contributed by atoms with E-state index in [9.17, 15) is 18.3 Å². The fraction of sp³-hybridized carbons (Fsp3) is 0.152. The number of anilines is 1. The van der Waals surface area contributed by atoms with Gasteiger partial charge in [-0.1, -0.05) is 59.6 Å². The largest absolute Gasteiger partial charge is 0.478 e. The molecule has 1 aromatic heterocycles. The van der Waals surface area contributed by atoms with E-state index in [1.807, 2.05) is 24.4 Å². The minimum atomic E-state index is -3.63. The lowest BCUT2D eigenvalue weighted by Crippen LogP contribution is -2.26. The standard InChI is InChI=1S/C33H29Cl2N3O5S/c1-4-38-20-30(27-15-11-24(34)18-29(27)35)36-32(38)17-21-5-7-22(8-6-21)23-9-12-25(13-10-23)43-26-14-16-31(28(19-26)33(39)40)37(2)44(3,41)42/h5-16,18-20H,4,17H2,1-3H3,(H,39,40). The highest BCUT2D eigenvalue weighted by atomic mass is 35.5. The number of rotatable bonds is 10. The third-order valence-electron chi connectivity index (χ3n) is 7.18. The third kappa shape index (κ3) is 6.91. The zero-order chi connectivity index (χ0) is 31.6. The van der Waals surface area contributed by atoms with Gasteiger partial charge in [0, 0.05) is 36.8 Å². The summed E-state index contributed by atoms with van der Waals surface area (Å²) in [5.41, 5.74) is 4.63. The molecule has 0 fully saturated rings. The highest BCUT2D eigenvalue weighted by Gasteiger charge is 2.20. The SMILES string of the molecule is CCn1cc(-c2ccc(Cl)cc2Cl)nc1Cc1ccc(-c2ccc(Oc3ccc(N(C)S(C)(=O)=O)c(C(=O)O)c3)cc2)cc1. The number of nitrogens with zero attached hydrogens (tertiary/aromatic N) is 3. The van der Waals surface area contributed by atoms with E-state index in [2.05, 4.69) is 35.8 Å². The molecule has 0 bridgehead atoms. The maximum absolute atomic E-state index is 11.9. The van der Waals surface area contributed by atoms with Gasteiger partial charge in [0.05, 0.1) is 28.2 Å². The van der Waals surface area contributed by atoms with Crippen LogP contribution in [0.3, 0.4) is 0 Å². The summed E-state index contributed by atoms with van der Waals surface area (Å²) in [6.45, 7) is 2.85. The summed E-state index contributed by atoms with van der Waals surface area (Å²) in [7, 11) is -2.33. The molecule has 1 N–H and O–H groups in total. The molecule has 1 heterocycles. The van der Waals surface area contributed by atoms with E-state index in [0.29, 0.717) is 22.2 Å². The first kappa shape index (κ1) is 31.1. The van der Waals surface area contributed by atoms with E-state index in [1.54, 1.807) is 24.3 Å². The summed E-state index contributed by atoms with van der Waals surface area (Å²) in [5, 5.41) is 10.8. The molecule has 0 atom stereocenters. The Balaban J connectivity index is 1.29. The monoisotopic (exact) mass is 649 g/mol. The second-order valence-electron chi connectivity index (χ2n) is 10.2. The number of carboxylic acid groups (broad SMARTS) is 1. The van der Waals surface area contributed by atoms with Gasteiger partial charge in [-0.05, 0) is 72.1 Å². The van der Waals surface area contributed by atoms with E-state index in [4.69, 9.17) is 32.9 Å². The number of hydrogen-bond donors (Lipinski definition) is 1. The molecule has 5 aromatic rings. The summed E-state index contributed by atoms with van der Waals surface area (Å²) in [5.74, 6) is 0.459. The predicted molar refractivity (Wildman–Crippen MR) is 175 cm³/mol. The fourth-order valence-corrected chi connectivity index (χ4v) is 5.77. The summed E-state index contributed by atoms with van der Waals surface area (Å²) < 4.78 is 32.8. The number of hydrogen-bond acceptors (Lipinski definition) is 5. The van der Waals surface area contributed by atoms with Gasteiger partial charge >= 0.3 is 5.97 Å². The molecule has 8 nitrogen and oxygen atoms in total. The van der Waals surface area contributed by atoms with Crippen LogP contribution < -0.4 is 9.04 Å². The van der Waals surface area contributed by atoms with Crippen molar-refractivity contribution in [3.8, 4) is 33.9 Å². The summed E-state index contributed by atoms with van der Waals surface area (Å²) in [6.07, 6.45) is 3.67. The van der Waals surface area contributed by atoms with Gasteiger partial charge in [-0.15, -0.1) is 0 Å². The van der Waals surface area contributed by atoms with Crippen molar-refractivity contribution in [1.29, 1.82) is 0 Å². The Hall–Kier alpha value is -4.31. The summed E-state index contributed by atoms with van der Waals surface area (Å²) in [6, 6.07) is 25.3. The molecular formula is C33H29Cl2N3O5S. The third-order valence-corrected chi connectivity index (χ3v) is 8.92. The van der Waals surface area contributed by atoms with Crippen molar-refractivity contribution in [2.24, 2.45) is 0 Å². The van der Waals surface area contributed by atoms with Crippen LogP contribution in [0.2, 0.25) is 10.0 Å². The molecule has 0 saturated heterocycles. The van der Waals surface area contributed by atoms with Gasteiger partial charge in [-0.2, -0.15) is 0 Å². The highest BCUT2D eigenvalue weighted by molar-refractivity contribution is 7.92. The molecule has 0 spiro atoms. The molecule has 0 amide bonds. The van der Waals surface area contributed by atoms with Gasteiger partial charge in [0.2, 0.25) is 10.0 Å². The van der Waals surface area contributed by atoms with Gasteiger partial charge < -0.3 is 14.4 Å². The number of aromatic nitrogens is 2. The molecule has 44 heavy (non-hydrogen) atoms. The Morgan fingerprint density at radius 3 is 2.16 bits per heavy atom. The molecule has 0 aliphatic rings. The quantitative estimate of drug-likeness (QED) is 0.164. The fourth-order valence-electron chi connectivity index (χ4n) is 4.75. The summed E-state index contributed by atoms with van der Waals surface area (Å²) >= 11 is 12.5. The van der Waals surface area contributed by atoms with E-state index in [0.717, 1.165) is 50.9 Å². The van der Waals surface area contributed by atoms with E-state index in [-0.39, 0.29) is 17.0 Å². The van der Waals surface area contributed by atoms with Crippen LogP contribution >= 0.6 is 23.2 Å². The van der Waals surface area contributed by atoms with Gasteiger partial charge in [0.1, 0.15) is 17.3 Å². The van der Waals surface area contributed by atoms with Crippen LogP contribution in [-0.4, -0.2) is 42.3 Å². The molecule has 0 saturated carbocycles. The second kappa shape index (κ2) is 12.7. The first-order chi connectivity index (χ1) is 20.9. The normalized spacial score (nSPS) is 11.4. The number of sulfonamides is 1. The lowest BCUT2D eigenvalue weighted by molar-refractivity contribution is 0.0697. The number of imidazole rings is 1. The zero-order valence-electron chi connectivity index (χ0n) is 24.2. The van der Waals surface area contributed by atoms with E-state index >= 15 is 0 Å². The van der Waals surface area contributed by atoms with Crippen molar-refractivity contribution >= 4 is 44.9 Å². The first-order valence-corrected chi connectivity index (χ1v) is 16.2. The van der Waals surface area contributed by atoms with Crippen molar-refractivity contribution in [1.82, 2.24) is 9.55 Å². The zero-order valence-corrected chi connectivity index (χ0v) is 26.5. The van der Waals surface area contributed by atoms with Gasteiger partial charge in [-0.3, -0.25) is 4.31 Å². The summed E-state index contributed by atoms with van der Waals surface area (Å²) in [4.78, 5) is 16.7. The van der Waals surface area contributed by atoms with Crippen molar-refractivity contribution < 1.29 is 23.1 Å². The highest BCUT2D eigenvalue weighted by Crippen LogP contribution is 2.32. The van der Waals surface area contributed by atoms with Crippen LogP contribution in [0, 0.1) is 0 Å². The van der Waals surface area contributed by atoms with Crippen molar-refractivity contribution in [2.75, 3.05) is 17.6 Å². The number of benzene rings is 4. The lowest BCUT2D eigenvalue weighted by atomic mass is 10.0. The van der Waals surface area contributed by atoms with Crippen LogP contribution in [0.25, 0.3) is 22.4 Å². The number of halogens is 2.